The van der Waals surface area contributed by atoms with Crippen LogP contribution in [0.4, 0.5) is 0 Å². The van der Waals surface area contributed by atoms with Crippen LogP contribution < -0.4 is 0 Å². The third-order valence-electron chi connectivity index (χ3n) is 6.58. The number of nitrogens with zero attached hydrogens (tertiary/aromatic N) is 6. The molecule has 158 valence electrons. The fraction of sp³-hybridized carbons (Fsp3) is 0.417. The lowest BCUT2D eigenvalue weighted by atomic mass is 9.89. The van der Waals surface area contributed by atoms with Crippen LogP contribution in [0.3, 0.4) is 0 Å². The van der Waals surface area contributed by atoms with Gasteiger partial charge in [-0.05, 0) is 74.2 Å². The summed E-state index contributed by atoms with van der Waals surface area (Å²) in [5.74, 6) is 0.469. The van der Waals surface area contributed by atoms with E-state index in [9.17, 15) is 0 Å². The maximum atomic E-state index is 8.83. The van der Waals surface area contributed by atoms with Crippen LogP contribution in [0.1, 0.15) is 48.9 Å². The van der Waals surface area contributed by atoms with Crippen LogP contribution in [0.15, 0.2) is 30.7 Å². The molecule has 0 unspecified atom stereocenters. The molecular formula is C24H27N7. The van der Waals surface area contributed by atoms with Gasteiger partial charge in [0.1, 0.15) is 6.33 Å². The Morgan fingerprint density at radius 3 is 2.84 bits per heavy atom. The van der Waals surface area contributed by atoms with E-state index >= 15 is 0 Å². The van der Waals surface area contributed by atoms with E-state index < -0.39 is 0 Å². The highest BCUT2D eigenvalue weighted by Crippen LogP contribution is 2.35. The minimum atomic E-state index is 0.469. The van der Waals surface area contributed by atoms with E-state index in [1.807, 2.05) is 4.52 Å². The van der Waals surface area contributed by atoms with Crippen LogP contribution in [0.2, 0.25) is 0 Å². The zero-order valence-corrected chi connectivity index (χ0v) is 18.1. The summed E-state index contributed by atoms with van der Waals surface area (Å²) in [4.78, 5) is 6.73. The van der Waals surface area contributed by atoms with Crippen LogP contribution in [0.25, 0.3) is 27.7 Å². The summed E-state index contributed by atoms with van der Waals surface area (Å²) in [5.41, 5.74) is 7.98. The molecule has 0 atom stereocenters. The summed E-state index contributed by atoms with van der Waals surface area (Å²) in [6.07, 6.45) is 7.41. The number of nitriles is 1. The number of nitrogens with one attached hydrogen (secondary N) is 1. The number of aromatic amines is 1. The number of aromatic nitrogens is 5. The lowest BCUT2D eigenvalue weighted by molar-refractivity contribution is 0.215. The van der Waals surface area contributed by atoms with Gasteiger partial charge in [-0.15, -0.1) is 0 Å². The Kier molecular flexibility index (Phi) is 5.16. The van der Waals surface area contributed by atoms with Gasteiger partial charge in [0.25, 0.3) is 0 Å². The third-order valence-corrected chi connectivity index (χ3v) is 6.58. The molecule has 7 nitrogen and oxygen atoms in total. The molecule has 0 saturated carbocycles. The number of hydrogen-bond donors (Lipinski definition) is 1. The Balaban J connectivity index is 1.49. The molecule has 1 aliphatic rings. The number of aryl methyl sites for hydroxylation is 2. The average Bonchev–Trinajstić information content (AvgIpc) is 3.44. The number of rotatable bonds is 5. The summed E-state index contributed by atoms with van der Waals surface area (Å²) in [5, 5.41) is 22.5. The molecule has 3 aromatic heterocycles. The molecule has 0 bridgehead atoms. The Morgan fingerprint density at radius 1 is 1.23 bits per heavy atom. The van der Waals surface area contributed by atoms with E-state index in [-0.39, 0.29) is 0 Å². The van der Waals surface area contributed by atoms with Crippen molar-refractivity contribution in [2.75, 3.05) is 19.6 Å². The number of piperidine rings is 1. The zero-order valence-electron chi connectivity index (χ0n) is 18.1. The predicted octanol–water partition coefficient (Wildman–Crippen LogP) is 4.24. The fourth-order valence-corrected chi connectivity index (χ4v) is 4.88. The normalized spacial score (nSPS) is 15.6. The van der Waals surface area contributed by atoms with Crippen molar-refractivity contribution in [3.05, 3.63) is 47.5 Å². The van der Waals surface area contributed by atoms with Gasteiger partial charge in [0.05, 0.1) is 17.3 Å². The third kappa shape index (κ3) is 3.57. The van der Waals surface area contributed by atoms with E-state index in [2.05, 4.69) is 64.4 Å². The molecule has 0 aliphatic carbocycles. The van der Waals surface area contributed by atoms with Crippen LogP contribution in [-0.4, -0.2) is 49.3 Å². The van der Waals surface area contributed by atoms with Crippen molar-refractivity contribution in [1.82, 2.24) is 29.7 Å². The van der Waals surface area contributed by atoms with Crippen molar-refractivity contribution >= 4 is 16.6 Å². The lowest BCUT2D eigenvalue weighted by Crippen LogP contribution is -2.33. The second-order valence-corrected chi connectivity index (χ2v) is 8.48. The first-order valence-electron chi connectivity index (χ1n) is 11.1. The maximum Gasteiger partial charge on any atom is 0.158 e. The second kappa shape index (κ2) is 8.12. The minimum absolute atomic E-state index is 0.469. The smallest absolute Gasteiger partial charge is 0.158 e. The Bertz CT molecular complexity index is 1270. The number of benzene rings is 1. The largest absolute Gasteiger partial charge is 0.302 e. The van der Waals surface area contributed by atoms with Crippen molar-refractivity contribution in [1.29, 1.82) is 5.26 Å². The highest BCUT2D eigenvalue weighted by Gasteiger charge is 2.24. The van der Waals surface area contributed by atoms with E-state index in [0.717, 1.165) is 61.2 Å². The van der Waals surface area contributed by atoms with E-state index in [1.54, 1.807) is 6.33 Å². The molecule has 7 heteroatoms. The van der Waals surface area contributed by atoms with E-state index in [1.165, 1.54) is 22.2 Å². The topological polar surface area (TPSA) is 85.9 Å². The van der Waals surface area contributed by atoms with Crippen molar-refractivity contribution in [2.45, 2.75) is 45.4 Å². The summed E-state index contributed by atoms with van der Waals surface area (Å²) >= 11 is 0. The maximum absolute atomic E-state index is 8.83. The first kappa shape index (κ1) is 19.7. The van der Waals surface area contributed by atoms with Gasteiger partial charge in [-0.1, -0.05) is 6.92 Å². The molecule has 1 aliphatic heterocycles. The summed E-state index contributed by atoms with van der Waals surface area (Å²) in [7, 11) is 0. The molecule has 5 rings (SSSR count). The standard InChI is InChI=1S/C24H27N7/c1-3-17-12-21-22(13-20(17)19-11-16(2)24-26-15-27-31(24)14-19)28-29-23(21)18-5-9-30(10-6-18)8-4-7-25/h11-15,18H,3-6,8-10H2,1-2H3,(H,28,29). The van der Waals surface area contributed by atoms with E-state index in [0.29, 0.717) is 12.3 Å². The first-order chi connectivity index (χ1) is 15.2. The Hall–Kier alpha value is -3.24. The molecular weight excluding hydrogens is 386 g/mol. The van der Waals surface area contributed by atoms with Crippen molar-refractivity contribution in [3.8, 4) is 17.2 Å². The molecule has 1 N–H and O–H groups in total. The summed E-state index contributed by atoms with van der Waals surface area (Å²) in [6.45, 7) is 7.24. The van der Waals surface area contributed by atoms with Gasteiger partial charge in [-0.25, -0.2) is 9.50 Å². The van der Waals surface area contributed by atoms with Crippen LogP contribution >= 0.6 is 0 Å². The molecule has 0 spiro atoms. The van der Waals surface area contributed by atoms with Gasteiger partial charge in [0, 0.05) is 36.0 Å². The van der Waals surface area contributed by atoms with Gasteiger partial charge < -0.3 is 4.90 Å². The second-order valence-electron chi connectivity index (χ2n) is 8.48. The van der Waals surface area contributed by atoms with Crippen LogP contribution in [0.5, 0.6) is 0 Å². The van der Waals surface area contributed by atoms with E-state index in [4.69, 9.17) is 10.4 Å². The molecule has 4 aromatic rings. The lowest BCUT2D eigenvalue weighted by Gasteiger charge is -2.30. The molecule has 0 radical (unpaired) electrons. The molecule has 1 saturated heterocycles. The average molecular weight is 414 g/mol. The molecule has 4 heterocycles. The summed E-state index contributed by atoms with van der Waals surface area (Å²) < 4.78 is 1.85. The number of likely N-dealkylation sites (tertiary alicyclic amines) is 1. The number of fused-ring (bicyclic) bond motifs is 2. The summed E-state index contributed by atoms with van der Waals surface area (Å²) in [6, 6.07) is 9.01. The molecule has 0 amide bonds. The predicted molar refractivity (Wildman–Crippen MR) is 121 cm³/mol. The van der Waals surface area contributed by atoms with Crippen molar-refractivity contribution < 1.29 is 0 Å². The van der Waals surface area contributed by atoms with Crippen molar-refractivity contribution in [3.63, 3.8) is 0 Å². The Labute approximate surface area is 181 Å². The minimum Gasteiger partial charge on any atom is -0.302 e. The van der Waals surface area contributed by atoms with Gasteiger partial charge in [0.15, 0.2) is 5.65 Å². The number of hydrogen-bond acceptors (Lipinski definition) is 5. The first-order valence-corrected chi connectivity index (χ1v) is 11.1. The van der Waals surface area contributed by atoms with Gasteiger partial charge >= 0.3 is 0 Å². The molecule has 1 aromatic carbocycles. The highest BCUT2D eigenvalue weighted by molar-refractivity contribution is 5.88. The van der Waals surface area contributed by atoms with Crippen LogP contribution in [-0.2, 0) is 6.42 Å². The molecule has 31 heavy (non-hydrogen) atoms. The van der Waals surface area contributed by atoms with Gasteiger partial charge in [-0.3, -0.25) is 5.10 Å². The van der Waals surface area contributed by atoms with Gasteiger partial charge in [0.2, 0.25) is 0 Å². The monoisotopic (exact) mass is 413 g/mol. The number of H-pyrrole nitrogens is 1. The van der Waals surface area contributed by atoms with Crippen molar-refractivity contribution in [2.24, 2.45) is 0 Å². The zero-order chi connectivity index (χ0) is 21.4. The van der Waals surface area contributed by atoms with Crippen LogP contribution in [0, 0.1) is 18.3 Å². The van der Waals surface area contributed by atoms with Gasteiger partial charge in [-0.2, -0.15) is 15.5 Å². The highest BCUT2D eigenvalue weighted by atomic mass is 15.3. The quantitative estimate of drug-likeness (QED) is 0.529. The Morgan fingerprint density at radius 2 is 2.06 bits per heavy atom. The fourth-order valence-electron chi connectivity index (χ4n) is 4.88. The molecule has 1 fully saturated rings. The number of pyridine rings is 1. The SMILES string of the molecule is CCc1cc2c(C3CCN(CCC#N)CC3)n[nH]c2cc1-c1cc(C)c2ncnn2c1.